The Labute approximate surface area is 83.8 Å². The van der Waals surface area contributed by atoms with Gasteiger partial charge in [-0.2, -0.15) is 0 Å². The molecule has 1 amide bonds. The predicted molar refractivity (Wildman–Crippen MR) is 52.2 cm³/mol. The summed E-state index contributed by atoms with van der Waals surface area (Å²) in [7, 11) is 0. The molecule has 0 aliphatic carbocycles. The maximum Gasteiger partial charge on any atom is 0.336 e. The monoisotopic (exact) mass is 202 g/mol. The van der Waals surface area contributed by atoms with E-state index in [1.807, 2.05) is 0 Å². The smallest absolute Gasteiger partial charge is 0.336 e. The van der Waals surface area contributed by atoms with Gasteiger partial charge in [-0.1, -0.05) is 13.8 Å². The van der Waals surface area contributed by atoms with Crippen molar-refractivity contribution in [2.75, 3.05) is 0 Å². The molecule has 0 radical (unpaired) electrons. The van der Waals surface area contributed by atoms with Crippen LogP contribution in [-0.4, -0.2) is 23.5 Å². The lowest BCUT2D eigenvalue weighted by Gasteiger charge is -2.28. The SMILES string of the molecule is CC(C)OC(=O)[C@@](N)(C(N)=O)C(C)C. The van der Waals surface area contributed by atoms with Gasteiger partial charge < -0.3 is 16.2 Å². The minimum atomic E-state index is -1.73. The van der Waals surface area contributed by atoms with E-state index in [0.29, 0.717) is 0 Å². The number of rotatable bonds is 4. The summed E-state index contributed by atoms with van der Waals surface area (Å²) in [6.45, 7) is 6.65. The zero-order valence-corrected chi connectivity index (χ0v) is 9.03. The highest BCUT2D eigenvalue weighted by atomic mass is 16.5. The fraction of sp³-hybridized carbons (Fsp3) is 0.778. The molecule has 0 aliphatic heterocycles. The highest BCUT2D eigenvalue weighted by Crippen LogP contribution is 2.16. The van der Waals surface area contributed by atoms with Crippen LogP contribution in [0.5, 0.6) is 0 Å². The Hall–Kier alpha value is -1.10. The Morgan fingerprint density at radius 3 is 1.86 bits per heavy atom. The van der Waals surface area contributed by atoms with E-state index in [4.69, 9.17) is 16.2 Å². The average molecular weight is 202 g/mol. The Balaban J connectivity index is 4.84. The summed E-state index contributed by atoms with van der Waals surface area (Å²) < 4.78 is 4.87. The average Bonchev–Trinajstić information content (AvgIpc) is 2.00. The molecule has 0 bridgehead atoms. The molecule has 0 saturated heterocycles. The molecule has 82 valence electrons. The molecule has 1 atom stereocenters. The molecular weight excluding hydrogens is 184 g/mol. The van der Waals surface area contributed by atoms with E-state index < -0.39 is 23.3 Å². The third-order valence-corrected chi connectivity index (χ3v) is 2.00. The third kappa shape index (κ3) is 2.45. The fourth-order valence-corrected chi connectivity index (χ4v) is 0.932. The summed E-state index contributed by atoms with van der Waals surface area (Å²) in [4.78, 5) is 22.6. The second-order valence-corrected chi connectivity index (χ2v) is 3.84. The highest BCUT2D eigenvalue weighted by molar-refractivity contribution is 6.06. The van der Waals surface area contributed by atoms with Crippen LogP contribution in [0.2, 0.25) is 0 Å². The first-order valence-corrected chi connectivity index (χ1v) is 4.52. The molecule has 0 unspecified atom stereocenters. The molecule has 0 heterocycles. The largest absolute Gasteiger partial charge is 0.461 e. The summed E-state index contributed by atoms with van der Waals surface area (Å²) in [6.07, 6.45) is -0.316. The molecule has 0 fully saturated rings. The van der Waals surface area contributed by atoms with Crippen molar-refractivity contribution in [2.45, 2.75) is 39.3 Å². The Bertz CT molecular complexity index is 238. The second-order valence-electron chi connectivity index (χ2n) is 3.84. The molecule has 14 heavy (non-hydrogen) atoms. The molecule has 4 N–H and O–H groups in total. The Kier molecular flexibility index (Phi) is 4.07. The van der Waals surface area contributed by atoms with Crippen LogP contribution in [0.4, 0.5) is 0 Å². The third-order valence-electron chi connectivity index (χ3n) is 2.00. The maximum absolute atomic E-state index is 11.5. The molecule has 0 spiro atoms. The number of carbonyl (C=O) groups is 2. The van der Waals surface area contributed by atoms with Crippen LogP contribution in [0.1, 0.15) is 27.7 Å². The Morgan fingerprint density at radius 1 is 1.21 bits per heavy atom. The van der Waals surface area contributed by atoms with E-state index in [1.165, 1.54) is 0 Å². The topological polar surface area (TPSA) is 95.4 Å². The number of esters is 1. The van der Waals surface area contributed by atoms with Crippen molar-refractivity contribution in [3.63, 3.8) is 0 Å². The number of carbonyl (C=O) groups excluding carboxylic acids is 2. The number of primary amides is 1. The highest BCUT2D eigenvalue weighted by Gasteiger charge is 2.45. The number of amides is 1. The maximum atomic E-state index is 11.5. The van der Waals surface area contributed by atoms with Gasteiger partial charge in [-0.3, -0.25) is 4.79 Å². The van der Waals surface area contributed by atoms with Crippen LogP contribution < -0.4 is 11.5 Å². The van der Waals surface area contributed by atoms with E-state index >= 15 is 0 Å². The zero-order chi connectivity index (χ0) is 11.5. The van der Waals surface area contributed by atoms with Gasteiger partial charge in [0.05, 0.1) is 6.10 Å². The second kappa shape index (κ2) is 4.41. The van der Waals surface area contributed by atoms with E-state index in [0.717, 1.165) is 0 Å². The predicted octanol–water partition coefficient (Wildman–Crippen LogP) is -0.223. The van der Waals surface area contributed by atoms with Gasteiger partial charge in [-0.05, 0) is 19.8 Å². The van der Waals surface area contributed by atoms with E-state index in [2.05, 4.69) is 0 Å². The molecular formula is C9H18N2O3. The van der Waals surface area contributed by atoms with Gasteiger partial charge in [0.1, 0.15) is 0 Å². The molecule has 0 aromatic carbocycles. The molecule has 0 aromatic heterocycles. The summed E-state index contributed by atoms with van der Waals surface area (Å²) in [5.41, 5.74) is 8.98. The van der Waals surface area contributed by atoms with Crippen molar-refractivity contribution in [2.24, 2.45) is 17.4 Å². The van der Waals surface area contributed by atoms with Crippen LogP contribution in [0.3, 0.4) is 0 Å². The molecule has 0 saturated carbocycles. The first-order valence-electron chi connectivity index (χ1n) is 4.52. The van der Waals surface area contributed by atoms with Gasteiger partial charge in [-0.25, -0.2) is 4.79 Å². The summed E-state index contributed by atoms with van der Waals surface area (Å²) in [5, 5.41) is 0. The number of nitrogens with two attached hydrogens (primary N) is 2. The van der Waals surface area contributed by atoms with Gasteiger partial charge in [0, 0.05) is 0 Å². The normalized spacial score (nSPS) is 15.4. The first kappa shape index (κ1) is 12.9. The summed E-state index contributed by atoms with van der Waals surface area (Å²) >= 11 is 0. The van der Waals surface area contributed by atoms with Gasteiger partial charge in [0.2, 0.25) is 5.91 Å². The van der Waals surface area contributed by atoms with Gasteiger partial charge in [0.25, 0.3) is 0 Å². The number of hydrogen-bond acceptors (Lipinski definition) is 4. The first-order chi connectivity index (χ1) is 6.22. The van der Waals surface area contributed by atoms with Crippen LogP contribution in [-0.2, 0) is 14.3 Å². The molecule has 0 aliphatic rings. The van der Waals surface area contributed by atoms with Crippen molar-refractivity contribution < 1.29 is 14.3 Å². The Morgan fingerprint density at radius 2 is 1.64 bits per heavy atom. The molecule has 0 aromatic rings. The van der Waals surface area contributed by atoms with Crippen molar-refractivity contribution in [1.82, 2.24) is 0 Å². The quantitative estimate of drug-likeness (QED) is 0.486. The van der Waals surface area contributed by atoms with Crippen LogP contribution >= 0.6 is 0 Å². The van der Waals surface area contributed by atoms with Crippen molar-refractivity contribution in [3.8, 4) is 0 Å². The van der Waals surface area contributed by atoms with Crippen LogP contribution in [0, 0.1) is 5.92 Å². The van der Waals surface area contributed by atoms with Gasteiger partial charge >= 0.3 is 5.97 Å². The van der Waals surface area contributed by atoms with E-state index in [9.17, 15) is 9.59 Å². The van der Waals surface area contributed by atoms with E-state index in [-0.39, 0.29) is 6.10 Å². The van der Waals surface area contributed by atoms with E-state index in [1.54, 1.807) is 27.7 Å². The lowest BCUT2D eigenvalue weighted by molar-refractivity contribution is -0.159. The number of hydrogen-bond donors (Lipinski definition) is 2. The van der Waals surface area contributed by atoms with Crippen molar-refractivity contribution >= 4 is 11.9 Å². The standard InChI is InChI=1S/C9H18N2O3/c1-5(2)9(11,7(10)12)8(13)14-6(3)4/h5-6H,11H2,1-4H3,(H2,10,12)/t9-/m0/s1. The summed E-state index contributed by atoms with van der Waals surface area (Å²) in [6, 6.07) is 0. The minimum Gasteiger partial charge on any atom is -0.461 e. The van der Waals surface area contributed by atoms with Crippen molar-refractivity contribution in [1.29, 1.82) is 0 Å². The lowest BCUT2D eigenvalue weighted by atomic mass is 9.87. The minimum absolute atomic E-state index is 0.316. The van der Waals surface area contributed by atoms with Gasteiger partial charge in [-0.15, -0.1) is 0 Å². The van der Waals surface area contributed by atoms with Crippen molar-refractivity contribution in [3.05, 3.63) is 0 Å². The molecule has 5 heteroatoms. The fourth-order valence-electron chi connectivity index (χ4n) is 0.932. The van der Waals surface area contributed by atoms with Gasteiger partial charge in [0.15, 0.2) is 5.54 Å². The lowest BCUT2D eigenvalue weighted by Crippen LogP contribution is -2.62. The van der Waals surface area contributed by atoms with Crippen LogP contribution in [0.25, 0.3) is 0 Å². The molecule has 0 rings (SSSR count). The number of ether oxygens (including phenoxy) is 1. The van der Waals surface area contributed by atoms with Crippen LogP contribution in [0.15, 0.2) is 0 Å². The summed E-state index contributed by atoms with van der Waals surface area (Å²) in [5.74, 6) is -2.03. The zero-order valence-electron chi connectivity index (χ0n) is 9.03. The molecule has 5 nitrogen and oxygen atoms in total.